The van der Waals surface area contributed by atoms with Crippen molar-refractivity contribution in [2.75, 3.05) is 45.9 Å². The van der Waals surface area contributed by atoms with Crippen LogP contribution < -0.4 is 5.73 Å². The van der Waals surface area contributed by atoms with Crippen molar-refractivity contribution in [2.45, 2.75) is 44.7 Å². The molecule has 0 aromatic heterocycles. The van der Waals surface area contributed by atoms with Gasteiger partial charge >= 0.3 is 0 Å². The Morgan fingerprint density at radius 3 is 2.68 bits per heavy atom. The lowest BCUT2D eigenvalue weighted by Crippen LogP contribution is -2.47. The van der Waals surface area contributed by atoms with Gasteiger partial charge in [0.1, 0.15) is 0 Å². The number of morpholine rings is 1. The molecule has 110 valence electrons. The van der Waals surface area contributed by atoms with E-state index in [4.69, 9.17) is 10.5 Å². The Hall–Kier alpha value is -0.160. The van der Waals surface area contributed by atoms with Crippen LogP contribution in [0.2, 0.25) is 0 Å². The van der Waals surface area contributed by atoms with Crippen molar-refractivity contribution in [1.82, 2.24) is 9.80 Å². The van der Waals surface area contributed by atoms with Crippen LogP contribution in [0.1, 0.15) is 32.6 Å². The van der Waals surface area contributed by atoms with Crippen molar-refractivity contribution in [1.29, 1.82) is 0 Å². The number of rotatable bonds is 3. The summed E-state index contributed by atoms with van der Waals surface area (Å²) in [5, 5.41) is 0. The largest absolute Gasteiger partial charge is 0.379 e. The van der Waals surface area contributed by atoms with Gasteiger partial charge in [-0.25, -0.2) is 0 Å². The molecule has 4 heteroatoms. The minimum Gasteiger partial charge on any atom is -0.379 e. The first-order valence-electron chi connectivity index (χ1n) is 7.97. The molecular weight excluding hydrogens is 238 g/mol. The molecule has 4 nitrogen and oxygen atoms in total. The Bertz CT molecular complexity index is 306. The standard InChI is InChI=1S/C15H29N3O/c1-15(5-2-3-14(15)16)12-17-6-4-13(11-17)18-7-9-19-10-8-18/h13-14H,2-12,16H2,1H3. The Morgan fingerprint density at radius 1 is 1.21 bits per heavy atom. The molecule has 0 aromatic rings. The maximum Gasteiger partial charge on any atom is 0.0594 e. The van der Waals surface area contributed by atoms with Crippen LogP contribution in [-0.4, -0.2) is 67.8 Å². The topological polar surface area (TPSA) is 41.7 Å². The van der Waals surface area contributed by atoms with Crippen LogP contribution >= 0.6 is 0 Å². The van der Waals surface area contributed by atoms with E-state index >= 15 is 0 Å². The Labute approximate surface area is 117 Å². The Balaban J connectivity index is 1.51. The molecule has 0 radical (unpaired) electrons. The van der Waals surface area contributed by atoms with Gasteiger partial charge in [0.05, 0.1) is 13.2 Å². The van der Waals surface area contributed by atoms with Crippen molar-refractivity contribution >= 4 is 0 Å². The van der Waals surface area contributed by atoms with Gasteiger partial charge in [-0.3, -0.25) is 4.90 Å². The van der Waals surface area contributed by atoms with E-state index in [9.17, 15) is 0 Å². The molecule has 2 N–H and O–H groups in total. The average molecular weight is 267 g/mol. The molecule has 2 saturated heterocycles. The van der Waals surface area contributed by atoms with E-state index in [1.54, 1.807) is 0 Å². The van der Waals surface area contributed by atoms with Crippen LogP contribution in [-0.2, 0) is 4.74 Å². The molecule has 2 heterocycles. The third-order valence-corrected chi connectivity index (χ3v) is 5.55. The lowest BCUT2D eigenvalue weighted by molar-refractivity contribution is 0.0176. The number of nitrogens with two attached hydrogens (primary N) is 1. The first kappa shape index (κ1) is 13.8. The van der Waals surface area contributed by atoms with Crippen molar-refractivity contribution in [2.24, 2.45) is 11.1 Å². The highest BCUT2D eigenvalue weighted by molar-refractivity contribution is 4.95. The van der Waals surface area contributed by atoms with E-state index in [1.807, 2.05) is 0 Å². The first-order valence-corrected chi connectivity index (χ1v) is 7.97. The summed E-state index contributed by atoms with van der Waals surface area (Å²) in [7, 11) is 0. The molecule has 3 aliphatic rings. The number of nitrogens with zero attached hydrogens (tertiary/aromatic N) is 2. The molecule has 0 aromatic carbocycles. The van der Waals surface area contributed by atoms with Crippen molar-refractivity contribution in [3.05, 3.63) is 0 Å². The fraction of sp³-hybridized carbons (Fsp3) is 1.00. The highest BCUT2D eigenvalue weighted by atomic mass is 16.5. The van der Waals surface area contributed by atoms with Crippen LogP contribution in [0.4, 0.5) is 0 Å². The second-order valence-corrected chi connectivity index (χ2v) is 6.98. The van der Waals surface area contributed by atoms with Crippen LogP contribution in [0.15, 0.2) is 0 Å². The van der Waals surface area contributed by atoms with E-state index in [0.717, 1.165) is 32.3 Å². The number of hydrogen-bond donors (Lipinski definition) is 1. The van der Waals surface area contributed by atoms with Gasteiger partial charge in [0.15, 0.2) is 0 Å². The zero-order valence-electron chi connectivity index (χ0n) is 12.3. The zero-order chi connectivity index (χ0) is 13.3. The van der Waals surface area contributed by atoms with Gasteiger partial charge in [-0.2, -0.15) is 0 Å². The molecule has 3 atom stereocenters. The summed E-state index contributed by atoms with van der Waals surface area (Å²) in [6.45, 7) is 10.2. The van der Waals surface area contributed by atoms with Crippen LogP contribution in [0.5, 0.6) is 0 Å². The van der Waals surface area contributed by atoms with Gasteiger partial charge in [0, 0.05) is 38.3 Å². The monoisotopic (exact) mass is 267 g/mol. The van der Waals surface area contributed by atoms with Crippen molar-refractivity contribution in [3.8, 4) is 0 Å². The molecule has 0 bridgehead atoms. The van der Waals surface area contributed by atoms with Crippen LogP contribution in [0, 0.1) is 5.41 Å². The first-order chi connectivity index (χ1) is 9.17. The van der Waals surface area contributed by atoms with Gasteiger partial charge in [0.2, 0.25) is 0 Å². The molecule has 3 rings (SSSR count). The fourth-order valence-corrected chi connectivity index (χ4v) is 4.16. The van der Waals surface area contributed by atoms with Crippen LogP contribution in [0.25, 0.3) is 0 Å². The smallest absolute Gasteiger partial charge is 0.0594 e. The van der Waals surface area contributed by atoms with Gasteiger partial charge < -0.3 is 15.4 Å². The molecule has 3 unspecified atom stereocenters. The van der Waals surface area contributed by atoms with E-state index in [-0.39, 0.29) is 0 Å². The molecule has 2 aliphatic heterocycles. The number of ether oxygens (including phenoxy) is 1. The molecule has 1 saturated carbocycles. The number of likely N-dealkylation sites (tertiary alicyclic amines) is 1. The molecule has 0 amide bonds. The molecule has 19 heavy (non-hydrogen) atoms. The summed E-state index contributed by atoms with van der Waals surface area (Å²) in [4.78, 5) is 5.28. The quantitative estimate of drug-likeness (QED) is 0.825. The van der Waals surface area contributed by atoms with E-state index in [2.05, 4.69) is 16.7 Å². The minimum atomic E-state index is 0.361. The van der Waals surface area contributed by atoms with Gasteiger partial charge in [-0.15, -0.1) is 0 Å². The van der Waals surface area contributed by atoms with Crippen molar-refractivity contribution in [3.63, 3.8) is 0 Å². The van der Waals surface area contributed by atoms with Gasteiger partial charge in [-0.05, 0) is 31.2 Å². The Morgan fingerprint density at radius 2 is 2.00 bits per heavy atom. The van der Waals surface area contributed by atoms with E-state index < -0.39 is 0 Å². The summed E-state index contributed by atoms with van der Waals surface area (Å²) in [5.74, 6) is 0. The predicted octanol–water partition coefficient (Wildman–Crippen LogP) is 0.910. The lowest BCUT2D eigenvalue weighted by Gasteiger charge is -2.35. The second kappa shape index (κ2) is 5.68. The second-order valence-electron chi connectivity index (χ2n) is 6.98. The van der Waals surface area contributed by atoms with Gasteiger partial charge in [0.25, 0.3) is 0 Å². The average Bonchev–Trinajstić information content (AvgIpc) is 2.99. The molecule has 3 fully saturated rings. The summed E-state index contributed by atoms with van der Waals surface area (Å²) in [6.07, 6.45) is 5.17. The highest BCUT2D eigenvalue weighted by Gasteiger charge is 2.39. The summed E-state index contributed by atoms with van der Waals surface area (Å²) in [5.41, 5.74) is 6.68. The molecule has 0 spiro atoms. The highest BCUT2D eigenvalue weighted by Crippen LogP contribution is 2.38. The maximum absolute atomic E-state index is 6.32. The summed E-state index contributed by atoms with van der Waals surface area (Å²) < 4.78 is 5.45. The maximum atomic E-state index is 6.32. The third-order valence-electron chi connectivity index (χ3n) is 5.55. The minimum absolute atomic E-state index is 0.361. The van der Waals surface area contributed by atoms with Crippen LogP contribution in [0.3, 0.4) is 0 Å². The Kier molecular flexibility index (Phi) is 4.13. The van der Waals surface area contributed by atoms with E-state index in [1.165, 1.54) is 45.3 Å². The summed E-state index contributed by atoms with van der Waals surface area (Å²) in [6, 6.07) is 1.17. The van der Waals surface area contributed by atoms with Gasteiger partial charge in [-0.1, -0.05) is 13.3 Å². The summed E-state index contributed by atoms with van der Waals surface area (Å²) >= 11 is 0. The fourth-order valence-electron chi connectivity index (χ4n) is 4.16. The number of hydrogen-bond acceptors (Lipinski definition) is 4. The molecule has 1 aliphatic carbocycles. The third kappa shape index (κ3) is 2.97. The van der Waals surface area contributed by atoms with E-state index in [0.29, 0.717) is 11.5 Å². The SMILES string of the molecule is CC1(CN2CCC(N3CCOCC3)C2)CCCC1N. The molecular formula is C15H29N3O. The zero-order valence-corrected chi connectivity index (χ0v) is 12.3. The lowest BCUT2D eigenvalue weighted by atomic mass is 9.84. The normalized spacial score (nSPS) is 42.0. The predicted molar refractivity (Wildman–Crippen MR) is 77.2 cm³/mol. The van der Waals surface area contributed by atoms with Crippen molar-refractivity contribution < 1.29 is 4.74 Å².